The number of halogens is 1. The highest BCUT2D eigenvalue weighted by Gasteiger charge is 2.31. The molecule has 0 aliphatic carbocycles. The van der Waals surface area contributed by atoms with E-state index in [0.717, 1.165) is 11.3 Å². The Bertz CT molecular complexity index is 719. The van der Waals surface area contributed by atoms with Crippen molar-refractivity contribution >= 4 is 29.1 Å². The summed E-state index contributed by atoms with van der Waals surface area (Å²) in [7, 11) is 0. The molecule has 1 aliphatic rings. The maximum atomic E-state index is 12.3. The third-order valence-corrected chi connectivity index (χ3v) is 4.13. The van der Waals surface area contributed by atoms with E-state index in [9.17, 15) is 9.59 Å². The van der Waals surface area contributed by atoms with Gasteiger partial charge in [0, 0.05) is 17.3 Å². The topological polar surface area (TPSA) is 52.7 Å². The van der Waals surface area contributed by atoms with Crippen LogP contribution in [0.1, 0.15) is 5.56 Å². The lowest BCUT2D eigenvalue weighted by Crippen LogP contribution is -2.37. The predicted molar refractivity (Wildman–Crippen MR) is 93.7 cm³/mol. The molecule has 0 atom stereocenters. The quantitative estimate of drug-likeness (QED) is 0.906. The Kier molecular flexibility index (Phi) is 5.13. The highest BCUT2D eigenvalue weighted by molar-refractivity contribution is 6.30. The molecule has 0 aromatic heterocycles. The molecule has 2 aromatic carbocycles. The first-order valence-electron chi connectivity index (χ1n) is 7.72. The van der Waals surface area contributed by atoms with Crippen molar-refractivity contribution in [2.75, 3.05) is 24.7 Å². The normalized spacial score (nSPS) is 14.3. The van der Waals surface area contributed by atoms with Crippen LogP contribution in [0.5, 0.6) is 0 Å². The van der Waals surface area contributed by atoms with Gasteiger partial charge in [-0.05, 0) is 29.8 Å². The standard InChI is InChI=1S/C18H18ClN3O2/c19-15-6-8-16(9-7-15)22-13-21(12-18(22)24)17(23)11-20-10-14-4-2-1-3-5-14/h1-9,20H,10-13H2. The van der Waals surface area contributed by atoms with Crippen LogP contribution in [-0.4, -0.2) is 36.5 Å². The Labute approximate surface area is 145 Å². The number of nitrogens with zero attached hydrogens (tertiary/aromatic N) is 2. The molecule has 3 rings (SSSR count). The van der Waals surface area contributed by atoms with E-state index < -0.39 is 0 Å². The average molecular weight is 344 g/mol. The molecule has 0 radical (unpaired) electrons. The van der Waals surface area contributed by atoms with Gasteiger partial charge in [0.25, 0.3) is 0 Å². The van der Waals surface area contributed by atoms with Gasteiger partial charge in [-0.3, -0.25) is 14.5 Å². The molecule has 1 saturated heterocycles. The average Bonchev–Trinajstić information content (AvgIpc) is 2.98. The van der Waals surface area contributed by atoms with E-state index in [0.29, 0.717) is 11.6 Å². The molecule has 0 saturated carbocycles. The van der Waals surface area contributed by atoms with Gasteiger partial charge in [0.1, 0.15) is 13.2 Å². The van der Waals surface area contributed by atoms with Gasteiger partial charge < -0.3 is 10.2 Å². The highest BCUT2D eigenvalue weighted by atomic mass is 35.5. The van der Waals surface area contributed by atoms with Crippen LogP contribution in [-0.2, 0) is 16.1 Å². The van der Waals surface area contributed by atoms with E-state index in [1.165, 1.54) is 0 Å². The first-order valence-corrected chi connectivity index (χ1v) is 8.09. The molecule has 0 spiro atoms. The molecule has 2 amide bonds. The summed E-state index contributed by atoms with van der Waals surface area (Å²) in [5.74, 6) is -0.176. The number of rotatable bonds is 5. The maximum Gasteiger partial charge on any atom is 0.248 e. The molecule has 1 N–H and O–H groups in total. The number of hydrogen-bond donors (Lipinski definition) is 1. The van der Waals surface area contributed by atoms with E-state index in [-0.39, 0.29) is 31.6 Å². The summed E-state index contributed by atoms with van der Waals surface area (Å²) in [6, 6.07) is 16.9. The van der Waals surface area contributed by atoms with Crippen molar-refractivity contribution in [3.63, 3.8) is 0 Å². The second kappa shape index (κ2) is 7.47. The first-order chi connectivity index (χ1) is 11.6. The number of carbonyl (C=O) groups excluding carboxylic acids is 2. The molecule has 1 fully saturated rings. The summed E-state index contributed by atoms with van der Waals surface area (Å²) in [6.45, 7) is 1.20. The summed E-state index contributed by atoms with van der Waals surface area (Å²) in [6.07, 6.45) is 0. The van der Waals surface area contributed by atoms with Crippen molar-refractivity contribution in [3.05, 3.63) is 65.2 Å². The number of carbonyl (C=O) groups is 2. The summed E-state index contributed by atoms with van der Waals surface area (Å²) in [4.78, 5) is 27.6. The second-order valence-corrected chi connectivity index (χ2v) is 6.06. The third kappa shape index (κ3) is 3.93. The Morgan fingerprint density at radius 3 is 2.50 bits per heavy atom. The van der Waals surface area contributed by atoms with Gasteiger partial charge in [0.15, 0.2) is 0 Å². The monoisotopic (exact) mass is 343 g/mol. The molecular weight excluding hydrogens is 326 g/mol. The molecule has 5 nitrogen and oxygen atoms in total. The SMILES string of the molecule is O=C(CNCc1ccccc1)N1CC(=O)N(c2ccc(Cl)cc2)C1. The van der Waals surface area contributed by atoms with Gasteiger partial charge in [-0.25, -0.2) is 0 Å². The maximum absolute atomic E-state index is 12.3. The molecule has 24 heavy (non-hydrogen) atoms. The second-order valence-electron chi connectivity index (χ2n) is 5.62. The lowest BCUT2D eigenvalue weighted by molar-refractivity contribution is -0.130. The van der Waals surface area contributed by atoms with E-state index in [1.54, 1.807) is 34.1 Å². The van der Waals surface area contributed by atoms with Gasteiger partial charge in [0.2, 0.25) is 11.8 Å². The smallest absolute Gasteiger partial charge is 0.248 e. The summed E-state index contributed by atoms with van der Waals surface area (Å²) in [5, 5.41) is 3.73. The fourth-order valence-electron chi connectivity index (χ4n) is 2.58. The minimum Gasteiger partial charge on any atom is -0.314 e. The van der Waals surface area contributed by atoms with E-state index in [1.807, 2.05) is 30.3 Å². The first kappa shape index (κ1) is 16.5. The molecule has 1 heterocycles. The lowest BCUT2D eigenvalue weighted by atomic mass is 10.2. The number of nitrogens with one attached hydrogen (secondary N) is 1. The highest BCUT2D eigenvalue weighted by Crippen LogP contribution is 2.21. The van der Waals surface area contributed by atoms with Gasteiger partial charge in [-0.15, -0.1) is 0 Å². The van der Waals surface area contributed by atoms with Crippen LogP contribution in [0.4, 0.5) is 5.69 Å². The van der Waals surface area contributed by atoms with E-state index in [2.05, 4.69) is 5.32 Å². The van der Waals surface area contributed by atoms with Crippen LogP contribution in [0.3, 0.4) is 0 Å². The summed E-state index contributed by atoms with van der Waals surface area (Å²) in [5.41, 5.74) is 1.86. The van der Waals surface area contributed by atoms with Gasteiger partial charge >= 0.3 is 0 Å². The molecule has 1 aliphatic heterocycles. The molecule has 2 aromatic rings. The molecule has 0 unspecified atom stereocenters. The zero-order valence-corrected chi connectivity index (χ0v) is 13.9. The van der Waals surface area contributed by atoms with Crippen LogP contribution >= 0.6 is 11.6 Å². The Hall–Kier alpha value is -2.37. The van der Waals surface area contributed by atoms with Crippen molar-refractivity contribution < 1.29 is 9.59 Å². The largest absolute Gasteiger partial charge is 0.314 e. The third-order valence-electron chi connectivity index (χ3n) is 3.88. The van der Waals surface area contributed by atoms with Gasteiger partial charge in [-0.2, -0.15) is 0 Å². The lowest BCUT2D eigenvalue weighted by Gasteiger charge is -2.18. The number of amides is 2. The van der Waals surface area contributed by atoms with Gasteiger partial charge in [0.05, 0.1) is 6.54 Å². The van der Waals surface area contributed by atoms with E-state index >= 15 is 0 Å². The van der Waals surface area contributed by atoms with Crippen molar-refractivity contribution in [1.29, 1.82) is 0 Å². The molecule has 124 valence electrons. The van der Waals surface area contributed by atoms with Crippen LogP contribution in [0, 0.1) is 0 Å². The van der Waals surface area contributed by atoms with Crippen LogP contribution in [0.2, 0.25) is 5.02 Å². The van der Waals surface area contributed by atoms with Crippen LogP contribution < -0.4 is 10.2 Å². The summed E-state index contributed by atoms with van der Waals surface area (Å²) < 4.78 is 0. The van der Waals surface area contributed by atoms with Crippen LogP contribution in [0.25, 0.3) is 0 Å². The van der Waals surface area contributed by atoms with Crippen molar-refractivity contribution in [2.45, 2.75) is 6.54 Å². The molecule has 0 bridgehead atoms. The Morgan fingerprint density at radius 2 is 1.79 bits per heavy atom. The predicted octanol–water partition coefficient (Wildman–Crippen LogP) is 2.26. The molecule has 6 heteroatoms. The minimum absolute atomic E-state index is 0.0873. The number of benzene rings is 2. The number of anilines is 1. The molecular formula is C18H18ClN3O2. The van der Waals surface area contributed by atoms with Crippen molar-refractivity contribution in [3.8, 4) is 0 Å². The van der Waals surface area contributed by atoms with Gasteiger partial charge in [-0.1, -0.05) is 41.9 Å². The zero-order valence-electron chi connectivity index (χ0n) is 13.1. The van der Waals surface area contributed by atoms with Crippen molar-refractivity contribution in [1.82, 2.24) is 10.2 Å². The fourth-order valence-corrected chi connectivity index (χ4v) is 2.71. The summed E-state index contributed by atoms with van der Waals surface area (Å²) >= 11 is 5.87. The number of hydrogen-bond acceptors (Lipinski definition) is 3. The zero-order chi connectivity index (χ0) is 16.9. The Morgan fingerprint density at radius 1 is 1.08 bits per heavy atom. The fraction of sp³-hybridized carbons (Fsp3) is 0.222. The Balaban J connectivity index is 1.53. The van der Waals surface area contributed by atoms with Crippen LogP contribution in [0.15, 0.2) is 54.6 Å². The van der Waals surface area contributed by atoms with Crippen molar-refractivity contribution in [2.24, 2.45) is 0 Å². The van der Waals surface area contributed by atoms with E-state index in [4.69, 9.17) is 11.6 Å². The minimum atomic E-state index is -0.0891.